The summed E-state index contributed by atoms with van der Waals surface area (Å²) in [6.07, 6.45) is 0.595. The summed E-state index contributed by atoms with van der Waals surface area (Å²) >= 11 is 2.85. The number of hydrogen-bond acceptors (Lipinski definition) is 5. The number of aromatic carboxylic acids is 1. The van der Waals surface area contributed by atoms with E-state index in [2.05, 4.69) is 9.97 Å². The Balaban J connectivity index is 1.92. The second kappa shape index (κ2) is 4.71. The highest BCUT2D eigenvalue weighted by Gasteiger charge is 2.15. The number of nitrogens with zero attached hydrogens (tertiary/aromatic N) is 2. The molecule has 0 aliphatic carbocycles. The lowest BCUT2D eigenvalue weighted by Crippen LogP contribution is -1.94. The molecule has 2 heterocycles. The van der Waals surface area contributed by atoms with Gasteiger partial charge in [-0.25, -0.2) is 14.8 Å². The summed E-state index contributed by atoms with van der Waals surface area (Å²) in [5.41, 5.74) is 1.56. The van der Waals surface area contributed by atoms with Crippen molar-refractivity contribution >= 4 is 38.9 Å². The quantitative estimate of drug-likeness (QED) is 0.803. The number of carboxylic acid groups (broad SMARTS) is 1. The number of benzene rings is 1. The van der Waals surface area contributed by atoms with E-state index < -0.39 is 5.97 Å². The summed E-state index contributed by atoms with van der Waals surface area (Å²) < 4.78 is 1.14. The molecule has 0 atom stereocenters. The van der Waals surface area contributed by atoms with Crippen LogP contribution < -0.4 is 0 Å². The molecule has 0 spiro atoms. The largest absolute Gasteiger partial charge is 0.477 e. The van der Waals surface area contributed by atoms with Crippen molar-refractivity contribution in [1.29, 1.82) is 0 Å². The molecule has 1 aromatic carbocycles. The zero-order valence-electron chi connectivity index (χ0n) is 10.1. The third kappa shape index (κ3) is 2.36. The third-order valence-electron chi connectivity index (χ3n) is 2.68. The fourth-order valence-corrected chi connectivity index (χ4v) is 3.82. The lowest BCUT2D eigenvalue weighted by atomic mass is 10.3. The first-order valence-electron chi connectivity index (χ1n) is 5.67. The number of carbonyl (C=O) groups is 1. The summed E-state index contributed by atoms with van der Waals surface area (Å²) in [5.74, 6) is -0.912. The molecule has 0 aliphatic heterocycles. The number of aryl methyl sites for hydroxylation is 1. The Kier molecular flexibility index (Phi) is 3.04. The van der Waals surface area contributed by atoms with Gasteiger partial charge in [-0.2, -0.15) is 0 Å². The average Bonchev–Trinajstić information content (AvgIpc) is 2.92. The van der Waals surface area contributed by atoms with Crippen LogP contribution >= 0.6 is 22.7 Å². The lowest BCUT2D eigenvalue weighted by molar-refractivity contribution is 0.0701. The number of fused-ring (bicyclic) bond motifs is 1. The van der Waals surface area contributed by atoms with Gasteiger partial charge in [0.05, 0.1) is 22.3 Å². The highest BCUT2D eigenvalue weighted by atomic mass is 32.1. The number of para-hydroxylation sites is 1. The first-order valence-corrected chi connectivity index (χ1v) is 7.31. The Morgan fingerprint density at radius 1 is 1.21 bits per heavy atom. The van der Waals surface area contributed by atoms with Gasteiger partial charge in [0, 0.05) is 0 Å². The highest BCUT2D eigenvalue weighted by molar-refractivity contribution is 7.18. The molecule has 0 saturated heterocycles. The standard InChI is InChI=1S/C13H10N2O2S2/c1-7-12(13(16)17)19-10(14-7)6-11-15-8-4-2-3-5-9(8)18-11/h2-5H,6H2,1H3,(H,16,17). The van der Waals surface area contributed by atoms with Crippen molar-refractivity contribution in [3.05, 3.63) is 44.9 Å². The first-order chi connectivity index (χ1) is 9.13. The fraction of sp³-hybridized carbons (Fsp3) is 0.154. The maximum atomic E-state index is 11.0. The van der Waals surface area contributed by atoms with Crippen LogP contribution in [0.4, 0.5) is 0 Å². The molecule has 19 heavy (non-hydrogen) atoms. The van der Waals surface area contributed by atoms with E-state index in [1.54, 1.807) is 18.3 Å². The number of rotatable bonds is 3. The molecule has 0 unspecified atom stereocenters. The van der Waals surface area contributed by atoms with Crippen LogP contribution in [0.5, 0.6) is 0 Å². The van der Waals surface area contributed by atoms with Crippen LogP contribution in [0, 0.1) is 6.92 Å². The average molecular weight is 290 g/mol. The second-order valence-corrected chi connectivity index (χ2v) is 6.28. The van der Waals surface area contributed by atoms with Gasteiger partial charge in [0.2, 0.25) is 0 Å². The number of hydrogen-bond donors (Lipinski definition) is 1. The van der Waals surface area contributed by atoms with E-state index in [1.165, 1.54) is 11.3 Å². The predicted molar refractivity (Wildman–Crippen MR) is 76.2 cm³/mol. The van der Waals surface area contributed by atoms with Crippen molar-refractivity contribution in [2.75, 3.05) is 0 Å². The van der Waals surface area contributed by atoms with Crippen LogP contribution in [0.2, 0.25) is 0 Å². The number of thiazole rings is 2. The Hall–Kier alpha value is -1.79. The molecule has 0 fully saturated rings. The summed E-state index contributed by atoms with van der Waals surface area (Å²) in [7, 11) is 0. The monoisotopic (exact) mass is 290 g/mol. The molecule has 2 aromatic heterocycles. The van der Waals surface area contributed by atoms with E-state index in [1.807, 2.05) is 24.3 Å². The van der Waals surface area contributed by atoms with E-state index >= 15 is 0 Å². The van der Waals surface area contributed by atoms with Crippen LogP contribution in [0.3, 0.4) is 0 Å². The summed E-state index contributed by atoms with van der Waals surface area (Å²) in [6.45, 7) is 1.72. The van der Waals surface area contributed by atoms with Crippen molar-refractivity contribution in [2.24, 2.45) is 0 Å². The molecule has 4 nitrogen and oxygen atoms in total. The van der Waals surface area contributed by atoms with Crippen LogP contribution in [-0.4, -0.2) is 21.0 Å². The predicted octanol–water partition coefficient (Wildman–Crippen LogP) is 3.35. The lowest BCUT2D eigenvalue weighted by Gasteiger charge is -1.88. The van der Waals surface area contributed by atoms with Gasteiger partial charge in [-0.15, -0.1) is 22.7 Å². The summed E-state index contributed by atoms with van der Waals surface area (Å²) in [6, 6.07) is 7.96. The molecule has 0 radical (unpaired) electrons. The van der Waals surface area contributed by atoms with Crippen LogP contribution in [0.1, 0.15) is 25.4 Å². The van der Waals surface area contributed by atoms with Crippen molar-refractivity contribution in [3.8, 4) is 0 Å². The molecule has 0 saturated carbocycles. The number of aromatic nitrogens is 2. The summed E-state index contributed by atoms with van der Waals surface area (Å²) in [4.78, 5) is 20.1. The molecule has 3 aromatic rings. The molecule has 0 bridgehead atoms. The van der Waals surface area contributed by atoms with E-state index in [0.29, 0.717) is 17.0 Å². The van der Waals surface area contributed by atoms with Gasteiger partial charge < -0.3 is 5.11 Å². The van der Waals surface area contributed by atoms with Crippen LogP contribution in [-0.2, 0) is 6.42 Å². The molecule has 96 valence electrons. The van der Waals surface area contributed by atoms with Crippen molar-refractivity contribution in [3.63, 3.8) is 0 Å². The Labute approximate surface area is 117 Å². The normalized spacial score (nSPS) is 11.0. The Morgan fingerprint density at radius 2 is 1.95 bits per heavy atom. The van der Waals surface area contributed by atoms with Gasteiger partial charge in [0.25, 0.3) is 0 Å². The minimum Gasteiger partial charge on any atom is -0.477 e. The van der Waals surface area contributed by atoms with Gasteiger partial charge in [-0.05, 0) is 19.1 Å². The number of carboxylic acids is 1. The minimum atomic E-state index is -0.912. The SMILES string of the molecule is Cc1nc(Cc2nc3ccccc3s2)sc1C(=O)O. The van der Waals surface area contributed by atoms with E-state index in [0.717, 1.165) is 20.2 Å². The smallest absolute Gasteiger partial charge is 0.347 e. The first kappa shape index (κ1) is 12.3. The summed E-state index contributed by atoms with van der Waals surface area (Å²) in [5, 5.41) is 10.8. The second-order valence-electron chi connectivity index (χ2n) is 4.08. The van der Waals surface area contributed by atoms with Crippen LogP contribution in [0.15, 0.2) is 24.3 Å². The van der Waals surface area contributed by atoms with Crippen LogP contribution in [0.25, 0.3) is 10.2 Å². The maximum Gasteiger partial charge on any atom is 0.347 e. The van der Waals surface area contributed by atoms with Gasteiger partial charge in [-0.1, -0.05) is 12.1 Å². The molecule has 0 amide bonds. The van der Waals surface area contributed by atoms with E-state index in [9.17, 15) is 4.79 Å². The molecule has 0 aliphatic rings. The van der Waals surface area contributed by atoms with Crippen molar-refractivity contribution in [1.82, 2.24) is 9.97 Å². The minimum absolute atomic E-state index is 0.316. The third-order valence-corrected chi connectivity index (χ3v) is 4.86. The highest BCUT2D eigenvalue weighted by Crippen LogP contribution is 2.26. The Bertz CT molecular complexity index is 728. The molecule has 6 heteroatoms. The van der Waals surface area contributed by atoms with Gasteiger partial charge >= 0.3 is 5.97 Å². The fourth-order valence-electron chi connectivity index (χ4n) is 1.85. The maximum absolute atomic E-state index is 11.0. The van der Waals surface area contributed by atoms with Crippen molar-refractivity contribution < 1.29 is 9.90 Å². The van der Waals surface area contributed by atoms with Gasteiger partial charge in [0.15, 0.2) is 0 Å². The molecular weight excluding hydrogens is 280 g/mol. The van der Waals surface area contributed by atoms with Gasteiger partial charge in [0.1, 0.15) is 14.9 Å². The molecular formula is C13H10N2O2S2. The Morgan fingerprint density at radius 3 is 2.63 bits per heavy atom. The zero-order valence-corrected chi connectivity index (χ0v) is 11.7. The molecule has 1 N–H and O–H groups in total. The van der Waals surface area contributed by atoms with Crippen molar-refractivity contribution in [2.45, 2.75) is 13.3 Å². The van der Waals surface area contributed by atoms with E-state index in [-0.39, 0.29) is 0 Å². The van der Waals surface area contributed by atoms with E-state index in [4.69, 9.17) is 5.11 Å². The topological polar surface area (TPSA) is 63.1 Å². The zero-order chi connectivity index (χ0) is 13.4. The van der Waals surface area contributed by atoms with Gasteiger partial charge in [-0.3, -0.25) is 0 Å². The molecule has 3 rings (SSSR count).